The van der Waals surface area contributed by atoms with Crippen LogP contribution < -0.4 is 25.8 Å². The molecule has 5 N–H and O–H groups in total. The number of rotatable bonds is 5. The van der Waals surface area contributed by atoms with E-state index in [1.807, 2.05) is 25.1 Å². The van der Waals surface area contributed by atoms with Crippen LogP contribution in [0.2, 0.25) is 0 Å². The van der Waals surface area contributed by atoms with Crippen molar-refractivity contribution in [2.75, 3.05) is 26.4 Å². The van der Waals surface area contributed by atoms with Crippen molar-refractivity contribution in [1.82, 2.24) is 20.8 Å². The van der Waals surface area contributed by atoms with Gasteiger partial charge < -0.3 is 49.8 Å². The van der Waals surface area contributed by atoms with Gasteiger partial charge in [-0.15, -0.1) is 0 Å². The maximum Gasteiger partial charge on any atom is 0.408 e. The minimum atomic E-state index is -0.615. The van der Waals surface area contributed by atoms with E-state index in [0.717, 1.165) is 16.7 Å². The predicted octanol–water partition coefficient (Wildman–Crippen LogP) is 2.61. The van der Waals surface area contributed by atoms with Crippen LogP contribution in [0.3, 0.4) is 0 Å². The second-order valence-electron chi connectivity index (χ2n) is 11.0. The number of fused-ring (bicyclic) bond motifs is 4. The molecule has 2 amide bonds. The maximum absolute atomic E-state index is 11.3. The number of aromatic nitrogens is 2. The fourth-order valence-electron chi connectivity index (χ4n) is 5.13. The number of hydrogen-bond donors (Lipinski definition) is 4. The van der Waals surface area contributed by atoms with Crippen molar-refractivity contribution in [3.05, 3.63) is 59.0 Å². The fourth-order valence-corrected chi connectivity index (χ4v) is 5.13. The molecule has 0 saturated carbocycles. The third-order valence-corrected chi connectivity index (χ3v) is 7.76. The van der Waals surface area contributed by atoms with Gasteiger partial charge in [0, 0.05) is 41.5 Å². The number of benzene rings is 2. The number of nitrogens with two attached hydrogens (primary N) is 1. The van der Waals surface area contributed by atoms with E-state index in [0.29, 0.717) is 48.4 Å². The van der Waals surface area contributed by atoms with Crippen LogP contribution in [-0.2, 0) is 41.3 Å². The summed E-state index contributed by atoms with van der Waals surface area (Å²) in [6.07, 6.45) is 0.339. The van der Waals surface area contributed by atoms with Crippen LogP contribution in [0.1, 0.15) is 56.2 Å². The minimum absolute atomic E-state index is 0.00839. The smallest absolute Gasteiger partial charge is 0.408 e. The first kappa shape index (κ1) is 33.5. The van der Waals surface area contributed by atoms with E-state index in [4.69, 9.17) is 34.4 Å². The van der Waals surface area contributed by atoms with Gasteiger partial charge >= 0.3 is 24.1 Å². The van der Waals surface area contributed by atoms with E-state index in [2.05, 4.69) is 30.7 Å². The molecular weight excluding hydrogens is 632 g/mol. The zero-order chi connectivity index (χ0) is 34.5. The summed E-state index contributed by atoms with van der Waals surface area (Å²) in [6, 6.07) is 10.8. The molecule has 4 aliphatic rings. The van der Waals surface area contributed by atoms with Gasteiger partial charge in [-0.05, 0) is 12.1 Å². The van der Waals surface area contributed by atoms with E-state index >= 15 is 0 Å². The normalized spacial score (nSPS) is 21.2. The largest absolute Gasteiger partial charge is 0.490 e. The van der Waals surface area contributed by atoms with E-state index in [1.54, 1.807) is 32.0 Å². The van der Waals surface area contributed by atoms with E-state index < -0.39 is 35.2 Å². The lowest BCUT2D eigenvalue weighted by atomic mass is 9.93. The van der Waals surface area contributed by atoms with Gasteiger partial charge in [-0.25, -0.2) is 9.59 Å². The van der Waals surface area contributed by atoms with Crippen LogP contribution in [0, 0.1) is 0 Å². The summed E-state index contributed by atoms with van der Waals surface area (Å²) in [6.45, 7) is 6.44. The van der Waals surface area contributed by atoms with Gasteiger partial charge in [0.15, 0.2) is 5.84 Å². The number of hydrogen-bond acceptors (Lipinski definition) is 14. The molecule has 2 unspecified atom stereocenters. The highest BCUT2D eigenvalue weighted by atomic mass is 16.6. The maximum atomic E-state index is 11.3. The molecule has 2 fully saturated rings. The number of cyclic esters (lactones) is 2. The monoisotopic (exact) mass is 666 g/mol. The van der Waals surface area contributed by atoms with E-state index in [1.165, 1.54) is 0 Å². The Morgan fingerprint density at radius 3 is 1.90 bits per heavy atom. The lowest BCUT2D eigenvalue weighted by Crippen LogP contribution is -2.41. The third-order valence-electron chi connectivity index (χ3n) is 7.76. The highest BCUT2D eigenvalue weighted by Gasteiger charge is 2.49. The van der Waals surface area contributed by atoms with Crippen molar-refractivity contribution in [1.29, 1.82) is 0 Å². The van der Waals surface area contributed by atoms with Crippen LogP contribution in [0.5, 0.6) is 11.5 Å². The lowest BCUT2D eigenvalue weighted by molar-refractivity contribution is -0.159. The van der Waals surface area contributed by atoms with Crippen LogP contribution >= 0.6 is 0 Å². The molecule has 17 nitrogen and oxygen atoms in total. The molecule has 2 spiro atoms. The first-order valence-electron chi connectivity index (χ1n) is 15.0. The Morgan fingerprint density at radius 2 is 1.42 bits per heavy atom. The first-order chi connectivity index (χ1) is 23.0. The molecule has 17 heteroatoms. The number of carbonyl (C=O) groups is 4. The van der Waals surface area contributed by atoms with E-state index in [-0.39, 0.29) is 31.9 Å². The lowest BCUT2D eigenvalue weighted by Gasteiger charge is -2.18. The number of nitrogens with zero attached hydrogens (tertiary/aromatic N) is 3. The highest BCUT2D eigenvalue weighted by Crippen LogP contribution is 2.42. The van der Waals surface area contributed by atoms with Crippen molar-refractivity contribution in [2.45, 2.75) is 51.1 Å². The topological polar surface area (TPSA) is 236 Å². The van der Waals surface area contributed by atoms with Gasteiger partial charge in [0.2, 0.25) is 11.7 Å². The van der Waals surface area contributed by atoms with Crippen LogP contribution in [0.4, 0.5) is 9.59 Å². The summed E-state index contributed by atoms with van der Waals surface area (Å²) in [7, 11) is 0. The standard InChI is InChI=1S/C14H13N3O4.C11H11N3O4.C6H10O3/c1-2-11-15-12(17-21-11)8-3-4-9-10(5-8)19-6-14(9)7-20-13(18)16-14;12-9(14-16)6-1-2-7-8(3-6)17-4-11(7)5-18-10(15)13-11;1-3-5(7)9-6(8)4-2/h3-5H,2,6-7H2,1H3,(H,16,18);1-3,16H,4-5H2,(H2,12,14)(H,13,15);3-4H2,1-2H3. The van der Waals surface area contributed by atoms with E-state index in [9.17, 15) is 19.2 Å². The molecule has 3 aromatic rings. The van der Waals surface area contributed by atoms with Crippen LogP contribution in [0.25, 0.3) is 11.4 Å². The van der Waals surface area contributed by atoms with Gasteiger partial charge in [-0.2, -0.15) is 4.98 Å². The Kier molecular flexibility index (Phi) is 9.67. The van der Waals surface area contributed by atoms with Gasteiger partial charge in [0.25, 0.3) is 0 Å². The molecule has 2 atom stereocenters. The summed E-state index contributed by atoms with van der Waals surface area (Å²) < 4.78 is 30.6. The highest BCUT2D eigenvalue weighted by molar-refractivity contribution is 5.97. The Balaban J connectivity index is 0.000000153. The summed E-state index contributed by atoms with van der Waals surface area (Å²) in [5, 5.41) is 21.1. The average molecular weight is 667 g/mol. The summed E-state index contributed by atoms with van der Waals surface area (Å²) >= 11 is 0. The van der Waals surface area contributed by atoms with Crippen molar-refractivity contribution in [3.63, 3.8) is 0 Å². The number of carbonyl (C=O) groups excluding carboxylic acids is 4. The van der Waals surface area contributed by atoms with Gasteiger partial charge in [0.05, 0.1) is 0 Å². The zero-order valence-corrected chi connectivity index (χ0v) is 26.4. The van der Waals surface area contributed by atoms with Crippen molar-refractivity contribution >= 4 is 30.0 Å². The Morgan fingerprint density at radius 1 is 0.875 bits per heavy atom. The molecule has 4 aliphatic heterocycles. The molecule has 254 valence electrons. The summed E-state index contributed by atoms with van der Waals surface area (Å²) in [5.41, 5.74) is 7.44. The van der Waals surface area contributed by atoms with Gasteiger partial charge in [-0.1, -0.05) is 55.3 Å². The molecule has 48 heavy (non-hydrogen) atoms. The molecule has 1 aromatic heterocycles. The molecule has 5 heterocycles. The molecule has 2 aromatic carbocycles. The minimum Gasteiger partial charge on any atom is -0.490 e. The number of ether oxygens (including phenoxy) is 5. The third kappa shape index (κ3) is 6.79. The van der Waals surface area contributed by atoms with Gasteiger partial charge in [0.1, 0.15) is 49.0 Å². The molecule has 7 rings (SSSR count). The number of amidine groups is 1. The number of oxime groups is 1. The fraction of sp³-hybridized carbons (Fsp3) is 0.387. The summed E-state index contributed by atoms with van der Waals surface area (Å²) in [5.74, 6) is 1.54. The number of aryl methyl sites for hydroxylation is 1. The Bertz CT molecular complexity index is 1740. The second kappa shape index (κ2) is 13.9. The SMILES string of the molecule is CCC(=O)OC(=O)CC.CCc1nc(-c2ccc3c(c2)OCC32COC(=O)N2)no1.NC(=NO)c1ccc2c(c1)OCC21COC(=O)N1. The molecule has 0 aliphatic carbocycles. The number of nitrogens with one attached hydrogen (secondary N) is 2. The van der Waals surface area contributed by atoms with Crippen molar-refractivity contribution < 1.29 is 52.6 Å². The molecular formula is C31H34N6O11. The Labute approximate surface area is 273 Å². The Hall–Kier alpha value is -5.87. The second-order valence-corrected chi connectivity index (χ2v) is 11.0. The van der Waals surface area contributed by atoms with Crippen LogP contribution in [0.15, 0.2) is 46.1 Å². The molecule has 0 bridgehead atoms. The number of esters is 2. The van der Waals surface area contributed by atoms with Crippen molar-refractivity contribution in [3.8, 4) is 22.9 Å². The predicted molar refractivity (Wildman–Crippen MR) is 163 cm³/mol. The molecule has 2 saturated heterocycles. The van der Waals surface area contributed by atoms with Crippen molar-refractivity contribution in [2.24, 2.45) is 10.9 Å². The van der Waals surface area contributed by atoms with Crippen LogP contribution in [-0.4, -0.2) is 71.7 Å². The average Bonchev–Trinajstić information content (AvgIpc) is 3.94. The first-order valence-corrected chi connectivity index (χ1v) is 15.0. The molecule has 0 radical (unpaired) electrons. The van der Waals surface area contributed by atoms with Gasteiger partial charge in [-0.3, -0.25) is 9.59 Å². The summed E-state index contributed by atoms with van der Waals surface area (Å²) in [4.78, 5) is 47.5. The quantitative estimate of drug-likeness (QED) is 0.0583. The number of amides is 2. The zero-order valence-electron chi connectivity index (χ0n) is 26.4. The number of alkyl carbamates (subject to hydrolysis) is 2.